The number of anilines is 1. The van der Waals surface area contributed by atoms with Crippen LogP contribution in [0.4, 0.5) is 10.5 Å². The van der Waals surface area contributed by atoms with E-state index in [0.29, 0.717) is 29.8 Å². The number of para-hydroxylation sites is 1. The number of aryl methyl sites for hydroxylation is 1. The molecule has 6 nitrogen and oxygen atoms in total. The molecule has 164 valence electrons. The molecular formula is C25H32N4O2. The van der Waals surface area contributed by atoms with Crippen LogP contribution in [0.2, 0.25) is 0 Å². The van der Waals surface area contributed by atoms with Gasteiger partial charge in [0.1, 0.15) is 5.82 Å². The van der Waals surface area contributed by atoms with Gasteiger partial charge in [-0.3, -0.25) is 9.36 Å². The van der Waals surface area contributed by atoms with E-state index in [0.717, 1.165) is 30.5 Å². The van der Waals surface area contributed by atoms with E-state index in [1.807, 2.05) is 69.3 Å². The molecule has 6 heteroatoms. The number of hydrogen-bond acceptors (Lipinski definition) is 3. The molecule has 0 aliphatic carbocycles. The zero-order valence-electron chi connectivity index (χ0n) is 18.9. The lowest BCUT2D eigenvalue weighted by Crippen LogP contribution is -2.40. The zero-order valence-corrected chi connectivity index (χ0v) is 18.9. The van der Waals surface area contributed by atoms with Gasteiger partial charge in [0.2, 0.25) is 0 Å². The van der Waals surface area contributed by atoms with Crippen molar-refractivity contribution in [3.8, 4) is 0 Å². The summed E-state index contributed by atoms with van der Waals surface area (Å²) in [7, 11) is 0. The van der Waals surface area contributed by atoms with Crippen LogP contribution in [0.15, 0.2) is 53.3 Å². The molecule has 0 radical (unpaired) electrons. The maximum Gasteiger partial charge on any atom is 0.322 e. The summed E-state index contributed by atoms with van der Waals surface area (Å²) in [4.78, 5) is 33.1. The lowest BCUT2D eigenvalue weighted by Gasteiger charge is -2.30. The molecule has 2 aromatic carbocycles. The molecule has 2 amide bonds. The summed E-state index contributed by atoms with van der Waals surface area (Å²) in [6.45, 7) is 9.24. The van der Waals surface area contributed by atoms with Gasteiger partial charge in [0, 0.05) is 18.8 Å². The molecule has 1 aromatic heterocycles. The molecule has 0 bridgehead atoms. The molecule has 0 spiro atoms. The minimum absolute atomic E-state index is 0.0520. The number of amides is 2. The Balaban J connectivity index is 2.01. The Morgan fingerprint density at radius 2 is 1.90 bits per heavy atom. The molecule has 0 saturated heterocycles. The Morgan fingerprint density at radius 1 is 1.13 bits per heavy atom. The monoisotopic (exact) mass is 420 g/mol. The van der Waals surface area contributed by atoms with Gasteiger partial charge < -0.3 is 10.2 Å². The number of unbranched alkanes of at least 4 members (excludes halogenated alkanes) is 1. The van der Waals surface area contributed by atoms with Crippen molar-refractivity contribution in [1.29, 1.82) is 0 Å². The Bertz CT molecular complexity index is 1110. The van der Waals surface area contributed by atoms with Gasteiger partial charge in [-0.2, -0.15) is 0 Å². The molecule has 1 unspecified atom stereocenters. The Morgan fingerprint density at radius 3 is 2.61 bits per heavy atom. The first-order chi connectivity index (χ1) is 15.0. The van der Waals surface area contributed by atoms with E-state index in [1.54, 1.807) is 9.47 Å². The van der Waals surface area contributed by atoms with Crippen molar-refractivity contribution in [2.45, 2.75) is 59.5 Å². The number of carbonyl (C=O) groups is 1. The van der Waals surface area contributed by atoms with E-state index in [4.69, 9.17) is 4.98 Å². The molecule has 3 rings (SSSR count). The molecule has 1 heterocycles. The Hall–Kier alpha value is -3.15. The normalized spacial score (nSPS) is 12.0. The summed E-state index contributed by atoms with van der Waals surface area (Å²) in [5.74, 6) is 0.626. The van der Waals surface area contributed by atoms with Crippen LogP contribution in [0, 0.1) is 6.92 Å². The minimum atomic E-state index is -0.347. The number of hydrogen-bond donors (Lipinski definition) is 1. The minimum Gasteiger partial charge on any atom is -0.315 e. The second-order valence-corrected chi connectivity index (χ2v) is 7.97. The third-order valence-electron chi connectivity index (χ3n) is 5.46. The van der Waals surface area contributed by atoms with Crippen molar-refractivity contribution in [2.24, 2.45) is 0 Å². The van der Waals surface area contributed by atoms with Crippen LogP contribution in [-0.2, 0) is 6.54 Å². The lowest BCUT2D eigenvalue weighted by atomic mass is 10.2. The Kier molecular flexibility index (Phi) is 7.45. The summed E-state index contributed by atoms with van der Waals surface area (Å²) in [5.41, 5.74) is 2.45. The van der Waals surface area contributed by atoms with Gasteiger partial charge >= 0.3 is 6.03 Å². The fourth-order valence-electron chi connectivity index (χ4n) is 3.80. The number of benzene rings is 2. The van der Waals surface area contributed by atoms with Crippen LogP contribution < -0.4 is 10.9 Å². The first-order valence-corrected chi connectivity index (χ1v) is 11.1. The molecule has 0 fully saturated rings. The van der Waals surface area contributed by atoms with Gasteiger partial charge in [0.05, 0.1) is 16.9 Å². The van der Waals surface area contributed by atoms with Crippen molar-refractivity contribution >= 4 is 22.6 Å². The summed E-state index contributed by atoms with van der Waals surface area (Å²) >= 11 is 0. The predicted octanol–water partition coefficient (Wildman–Crippen LogP) is 5.51. The highest BCUT2D eigenvalue weighted by Gasteiger charge is 2.26. The summed E-state index contributed by atoms with van der Waals surface area (Å²) in [6, 6.07) is 14.6. The van der Waals surface area contributed by atoms with Gasteiger partial charge in [-0.15, -0.1) is 0 Å². The van der Waals surface area contributed by atoms with Crippen molar-refractivity contribution in [3.05, 3.63) is 70.3 Å². The summed E-state index contributed by atoms with van der Waals surface area (Å²) in [6.07, 6.45) is 2.65. The maximum atomic E-state index is 13.3. The lowest BCUT2D eigenvalue weighted by molar-refractivity contribution is 0.187. The van der Waals surface area contributed by atoms with E-state index in [2.05, 4.69) is 12.2 Å². The number of urea groups is 1. The maximum absolute atomic E-state index is 13.3. The quantitative estimate of drug-likeness (QED) is 0.522. The van der Waals surface area contributed by atoms with E-state index >= 15 is 0 Å². The van der Waals surface area contributed by atoms with Gasteiger partial charge in [-0.1, -0.05) is 44.5 Å². The molecular weight excluding hydrogens is 388 g/mol. The van der Waals surface area contributed by atoms with Crippen LogP contribution in [0.1, 0.15) is 57.5 Å². The van der Waals surface area contributed by atoms with Crippen molar-refractivity contribution in [2.75, 3.05) is 11.9 Å². The molecule has 1 N–H and O–H groups in total. The topological polar surface area (TPSA) is 67.2 Å². The highest BCUT2D eigenvalue weighted by Crippen LogP contribution is 2.22. The van der Waals surface area contributed by atoms with E-state index < -0.39 is 0 Å². The average Bonchev–Trinajstić information content (AvgIpc) is 2.76. The number of nitrogens with zero attached hydrogens (tertiary/aromatic N) is 3. The van der Waals surface area contributed by atoms with E-state index in [-0.39, 0.29) is 17.6 Å². The van der Waals surface area contributed by atoms with Crippen LogP contribution in [0.3, 0.4) is 0 Å². The fourth-order valence-corrected chi connectivity index (χ4v) is 3.80. The molecule has 0 saturated carbocycles. The molecule has 31 heavy (non-hydrogen) atoms. The van der Waals surface area contributed by atoms with Gasteiger partial charge in [-0.25, -0.2) is 9.78 Å². The van der Waals surface area contributed by atoms with Crippen molar-refractivity contribution < 1.29 is 4.79 Å². The largest absolute Gasteiger partial charge is 0.322 e. The standard InChI is InChI=1S/C25H32N4O2/c1-5-7-16-28(25(31)26-20-12-10-11-18(3)17-20)19(4)23-27-22-14-9-8-13-21(22)24(30)29(23)15-6-2/h8-14,17,19H,5-7,15-16H2,1-4H3,(H,26,31). The highest BCUT2D eigenvalue weighted by molar-refractivity contribution is 5.89. The first-order valence-electron chi connectivity index (χ1n) is 11.1. The number of rotatable bonds is 8. The van der Waals surface area contributed by atoms with Crippen LogP contribution >= 0.6 is 0 Å². The third kappa shape index (κ3) is 5.13. The highest BCUT2D eigenvalue weighted by atomic mass is 16.2. The van der Waals surface area contributed by atoms with Gasteiger partial charge in [0.25, 0.3) is 5.56 Å². The van der Waals surface area contributed by atoms with Crippen LogP contribution in [-0.4, -0.2) is 27.0 Å². The Labute approximate surface area is 183 Å². The van der Waals surface area contributed by atoms with E-state index in [1.165, 1.54) is 0 Å². The molecule has 3 aromatic rings. The predicted molar refractivity (Wildman–Crippen MR) is 127 cm³/mol. The summed E-state index contributed by atoms with van der Waals surface area (Å²) < 4.78 is 1.73. The fraction of sp³-hybridized carbons (Fsp3) is 0.400. The number of fused-ring (bicyclic) bond motifs is 1. The van der Waals surface area contributed by atoms with Crippen LogP contribution in [0.5, 0.6) is 0 Å². The average molecular weight is 421 g/mol. The molecule has 0 aliphatic rings. The second-order valence-electron chi connectivity index (χ2n) is 7.97. The van der Waals surface area contributed by atoms with Gasteiger partial charge in [0.15, 0.2) is 0 Å². The van der Waals surface area contributed by atoms with Crippen molar-refractivity contribution in [1.82, 2.24) is 14.5 Å². The summed E-state index contributed by atoms with van der Waals surface area (Å²) in [5, 5.41) is 3.63. The smallest absolute Gasteiger partial charge is 0.315 e. The first kappa shape index (κ1) is 22.5. The number of aromatic nitrogens is 2. The third-order valence-corrected chi connectivity index (χ3v) is 5.46. The van der Waals surface area contributed by atoms with E-state index in [9.17, 15) is 9.59 Å². The second kappa shape index (κ2) is 10.2. The SMILES string of the molecule is CCCCN(C(=O)Nc1cccc(C)c1)C(C)c1nc2ccccc2c(=O)n1CCC. The number of nitrogens with one attached hydrogen (secondary N) is 1. The van der Waals surface area contributed by atoms with Crippen LogP contribution in [0.25, 0.3) is 10.9 Å². The van der Waals surface area contributed by atoms with Gasteiger partial charge in [-0.05, 0) is 56.5 Å². The molecule has 0 aliphatic heterocycles. The van der Waals surface area contributed by atoms with Crippen molar-refractivity contribution in [3.63, 3.8) is 0 Å². The number of carbonyl (C=O) groups excluding carboxylic acids is 1. The zero-order chi connectivity index (χ0) is 22.4. The molecule has 1 atom stereocenters.